The molecule has 44 heavy (non-hydrogen) atoms. The fourth-order valence-electron chi connectivity index (χ4n) is 7.06. The molecule has 3 aromatic carbocycles. The van der Waals surface area contributed by atoms with Crippen molar-refractivity contribution in [3.8, 4) is 17.2 Å². The number of piperidine rings is 1. The van der Waals surface area contributed by atoms with E-state index in [4.69, 9.17) is 19.9 Å². The van der Waals surface area contributed by atoms with Crippen LogP contribution in [0.1, 0.15) is 47.2 Å². The summed E-state index contributed by atoms with van der Waals surface area (Å²) in [4.78, 5) is 30.9. The van der Waals surface area contributed by atoms with E-state index in [9.17, 15) is 14.0 Å². The standard InChI is InChI=1S/C34H39F2N3O5/c1-21(22-12-14-39(19-22)32(40)23-16-29(42-2)31(44-4)30(17-23)43-3)38-15-13-34(33(37)41,24-8-6-5-7-9-24)27(20-38)26-11-10-25(35)18-28(26)36/h5-11,16-18,21-22,27H,12-15,19-20H2,1-4H3,(H2,37,41). The Morgan fingerprint density at radius 1 is 0.932 bits per heavy atom. The topological polar surface area (TPSA) is 94.3 Å². The molecular weight excluding hydrogens is 568 g/mol. The number of amides is 2. The van der Waals surface area contributed by atoms with Crippen LogP contribution in [-0.2, 0) is 10.2 Å². The Bertz CT molecular complexity index is 1490. The Morgan fingerprint density at radius 3 is 2.20 bits per heavy atom. The van der Waals surface area contributed by atoms with Gasteiger partial charge in [-0.2, -0.15) is 0 Å². The van der Waals surface area contributed by atoms with Gasteiger partial charge in [0, 0.05) is 43.2 Å². The van der Waals surface area contributed by atoms with Crippen molar-refractivity contribution in [2.45, 2.75) is 37.1 Å². The highest BCUT2D eigenvalue weighted by molar-refractivity contribution is 5.96. The number of nitrogens with two attached hydrogens (primary N) is 1. The van der Waals surface area contributed by atoms with Gasteiger partial charge in [-0.1, -0.05) is 36.4 Å². The average molecular weight is 608 g/mol. The second-order valence-corrected chi connectivity index (χ2v) is 11.6. The highest BCUT2D eigenvalue weighted by Crippen LogP contribution is 2.47. The molecule has 3 aromatic rings. The summed E-state index contributed by atoms with van der Waals surface area (Å²) in [7, 11) is 4.53. The number of methoxy groups -OCH3 is 3. The van der Waals surface area contributed by atoms with Crippen LogP contribution in [-0.4, -0.2) is 75.2 Å². The molecule has 10 heteroatoms. The normalized spacial score (nSPS) is 22.8. The zero-order valence-electron chi connectivity index (χ0n) is 25.5. The lowest BCUT2D eigenvalue weighted by atomic mass is 9.62. The summed E-state index contributed by atoms with van der Waals surface area (Å²) in [6.07, 6.45) is 1.15. The number of halogens is 2. The van der Waals surface area contributed by atoms with Crippen molar-refractivity contribution in [1.82, 2.24) is 9.80 Å². The van der Waals surface area contributed by atoms with E-state index in [0.29, 0.717) is 55.4 Å². The minimum absolute atomic E-state index is 0.0143. The first-order chi connectivity index (χ1) is 21.1. The van der Waals surface area contributed by atoms with Crippen molar-refractivity contribution >= 4 is 11.8 Å². The Morgan fingerprint density at radius 2 is 1.61 bits per heavy atom. The van der Waals surface area contributed by atoms with Crippen LogP contribution in [0.4, 0.5) is 8.78 Å². The maximum atomic E-state index is 15.4. The van der Waals surface area contributed by atoms with Crippen LogP contribution < -0.4 is 19.9 Å². The third-order valence-electron chi connectivity index (χ3n) is 9.55. The second kappa shape index (κ2) is 12.8. The van der Waals surface area contributed by atoms with Crippen LogP contribution in [0.2, 0.25) is 0 Å². The third kappa shape index (κ3) is 5.58. The van der Waals surface area contributed by atoms with Crippen LogP contribution in [0.5, 0.6) is 17.2 Å². The Labute approximate surface area is 256 Å². The molecule has 8 nitrogen and oxygen atoms in total. The van der Waals surface area contributed by atoms with E-state index in [0.717, 1.165) is 18.1 Å². The summed E-state index contributed by atoms with van der Waals surface area (Å²) in [5.74, 6) is -1.33. The van der Waals surface area contributed by atoms with Gasteiger partial charge in [0.15, 0.2) is 11.5 Å². The fraction of sp³-hybridized carbons (Fsp3) is 0.412. The molecule has 0 aliphatic carbocycles. The summed E-state index contributed by atoms with van der Waals surface area (Å²) in [6.45, 7) is 4.11. The predicted octanol–water partition coefficient (Wildman–Crippen LogP) is 4.75. The molecule has 4 atom stereocenters. The van der Waals surface area contributed by atoms with Gasteiger partial charge < -0.3 is 24.8 Å². The van der Waals surface area contributed by atoms with Crippen LogP contribution in [0.15, 0.2) is 60.7 Å². The van der Waals surface area contributed by atoms with E-state index in [1.165, 1.54) is 33.5 Å². The van der Waals surface area contributed by atoms with E-state index in [2.05, 4.69) is 11.8 Å². The van der Waals surface area contributed by atoms with Gasteiger partial charge in [0.2, 0.25) is 11.7 Å². The predicted molar refractivity (Wildman–Crippen MR) is 162 cm³/mol. The highest BCUT2D eigenvalue weighted by Gasteiger charge is 2.51. The SMILES string of the molecule is COc1cc(C(=O)N2CCC(C(C)N3CCC(C(N)=O)(c4ccccc4)C(c4ccc(F)cc4F)C3)C2)cc(OC)c1OC. The monoisotopic (exact) mass is 607 g/mol. The lowest BCUT2D eigenvalue weighted by Crippen LogP contribution is -2.57. The third-order valence-corrected chi connectivity index (χ3v) is 9.55. The summed E-state index contributed by atoms with van der Waals surface area (Å²) < 4.78 is 45.6. The molecule has 2 heterocycles. The summed E-state index contributed by atoms with van der Waals surface area (Å²) in [5, 5.41) is 0. The Hall–Kier alpha value is -4.18. The van der Waals surface area contributed by atoms with Crippen molar-refractivity contribution in [2.75, 3.05) is 47.5 Å². The molecule has 4 unspecified atom stereocenters. The van der Waals surface area contributed by atoms with Crippen LogP contribution in [0.3, 0.4) is 0 Å². The van der Waals surface area contributed by atoms with Crippen molar-refractivity contribution < 1.29 is 32.6 Å². The number of nitrogens with zero attached hydrogens (tertiary/aromatic N) is 2. The first-order valence-electron chi connectivity index (χ1n) is 14.8. The van der Waals surface area contributed by atoms with Gasteiger partial charge in [-0.3, -0.25) is 14.5 Å². The molecule has 2 aliphatic rings. The number of ether oxygens (including phenoxy) is 3. The van der Waals surface area contributed by atoms with Crippen LogP contribution >= 0.6 is 0 Å². The minimum atomic E-state index is -1.17. The van der Waals surface area contributed by atoms with E-state index in [-0.39, 0.29) is 23.4 Å². The number of hydrogen-bond acceptors (Lipinski definition) is 6. The molecule has 2 aliphatic heterocycles. The lowest BCUT2D eigenvalue weighted by molar-refractivity contribution is -0.126. The van der Waals surface area contributed by atoms with Crippen LogP contribution in [0.25, 0.3) is 0 Å². The molecule has 0 saturated carbocycles. The number of carbonyl (C=O) groups is 2. The molecule has 2 N–H and O–H groups in total. The van der Waals surface area contributed by atoms with Gasteiger partial charge in [0.1, 0.15) is 11.6 Å². The van der Waals surface area contributed by atoms with E-state index < -0.39 is 28.9 Å². The highest BCUT2D eigenvalue weighted by atomic mass is 19.1. The smallest absolute Gasteiger partial charge is 0.254 e. The number of carbonyl (C=O) groups excluding carboxylic acids is 2. The maximum absolute atomic E-state index is 15.4. The van der Waals surface area contributed by atoms with Crippen molar-refractivity contribution in [3.63, 3.8) is 0 Å². The molecule has 234 valence electrons. The molecule has 0 aromatic heterocycles. The molecule has 0 radical (unpaired) electrons. The molecule has 2 fully saturated rings. The first-order valence-corrected chi connectivity index (χ1v) is 14.8. The van der Waals surface area contributed by atoms with Gasteiger partial charge in [-0.05, 0) is 61.6 Å². The molecule has 5 rings (SSSR count). The lowest BCUT2D eigenvalue weighted by Gasteiger charge is -2.49. The van der Waals surface area contributed by atoms with Crippen molar-refractivity contribution in [3.05, 3.63) is 89.0 Å². The van der Waals surface area contributed by atoms with Crippen molar-refractivity contribution in [2.24, 2.45) is 11.7 Å². The number of hydrogen-bond donors (Lipinski definition) is 1. The molecular formula is C34H39F2N3O5. The zero-order chi connectivity index (χ0) is 31.6. The van der Waals surface area contributed by atoms with Gasteiger partial charge in [-0.15, -0.1) is 0 Å². The quantitative estimate of drug-likeness (QED) is 0.377. The fourth-order valence-corrected chi connectivity index (χ4v) is 7.06. The number of likely N-dealkylation sites (tertiary alicyclic amines) is 2. The Balaban J connectivity index is 1.39. The van der Waals surface area contributed by atoms with Gasteiger partial charge in [0.25, 0.3) is 5.91 Å². The molecule has 2 saturated heterocycles. The number of rotatable bonds is 9. The largest absolute Gasteiger partial charge is 0.493 e. The zero-order valence-corrected chi connectivity index (χ0v) is 25.5. The van der Waals surface area contributed by atoms with E-state index in [1.54, 1.807) is 12.1 Å². The second-order valence-electron chi connectivity index (χ2n) is 11.6. The van der Waals surface area contributed by atoms with Crippen molar-refractivity contribution in [1.29, 1.82) is 0 Å². The summed E-state index contributed by atoms with van der Waals surface area (Å²) >= 11 is 0. The summed E-state index contributed by atoms with van der Waals surface area (Å²) in [6, 6.07) is 16.1. The molecule has 2 amide bonds. The van der Waals surface area contributed by atoms with E-state index >= 15 is 4.39 Å². The average Bonchev–Trinajstić information content (AvgIpc) is 3.54. The molecule has 0 spiro atoms. The number of benzene rings is 3. The van der Waals surface area contributed by atoms with Gasteiger partial charge in [0.05, 0.1) is 26.7 Å². The minimum Gasteiger partial charge on any atom is -0.493 e. The van der Waals surface area contributed by atoms with E-state index in [1.807, 2.05) is 35.2 Å². The first kappa shape index (κ1) is 31.3. The molecule has 0 bridgehead atoms. The number of primary amides is 1. The Kier molecular flexibility index (Phi) is 9.10. The maximum Gasteiger partial charge on any atom is 0.254 e. The summed E-state index contributed by atoms with van der Waals surface area (Å²) in [5.41, 5.74) is 6.38. The van der Waals surface area contributed by atoms with Gasteiger partial charge >= 0.3 is 0 Å². The van der Waals surface area contributed by atoms with Crippen LogP contribution in [0, 0.1) is 17.6 Å². The van der Waals surface area contributed by atoms with Gasteiger partial charge in [-0.25, -0.2) is 8.78 Å².